The van der Waals surface area contributed by atoms with E-state index in [0.717, 1.165) is 12.1 Å². The van der Waals surface area contributed by atoms with Gasteiger partial charge in [-0.25, -0.2) is 13.8 Å². The van der Waals surface area contributed by atoms with Crippen LogP contribution >= 0.6 is 0 Å². The molecule has 0 amide bonds. The Balaban J connectivity index is 2.41. The van der Waals surface area contributed by atoms with E-state index in [1.165, 1.54) is 12.3 Å². The highest BCUT2D eigenvalue weighted by atomic mass is 19.1. The average Bonchev–Trinajstić information content (AvgIpc) is 2.76. The molecule has 7 heteroatoms. The fraction of sp³-hybridized carbons (Fsp3) is 0. The number of nitrogens with zero attached hydrogens (tertiary/aromatic N) is 3. The lowest BCUT2D eigenvalue weighted by molar-refractivity contribution is 0.589. The van der Waals surface area contributed by atoms with Crippen molar-refractivity contribution in [3.8, 4) is 11.3 Å². The van der Waals surface area contributed by atoms with E-state index in [1.807, 2.05) is 0 Å². The van der Waals surface area contributed by atoms with Crippen LogP contribution in [0.15, 0.2) is 24.4 Å². The smallest absolute Gasteiger partial charge is 0.222 e. The third-order valence-electron chi connectivity index (χ3n) is 2.53. The molecule has 3 N–H and O–H groups in total. The quantitative estimate of drug-likeness (QED) is 0.688. The minimum Gasteiger partial charge on any atom is -0.368 e. The van der Waals surface area contributed by atoms with Crippen LogP contribution in [0.25, 0.3) is 22.3 Å². The van der Waals surface area contributed by atoms with Gasteiger partial charge in [0.1, 0.15) is 11.6 Å². The maximum absolute atomic E-state index is 13.7. The van der Waals surface area contributed by atoms with Crippen LogP contribution in [0.4, 0.5) is 14.7 Å². The number of nitrogen functional groups attached to an aromatic ring is 1. The molecule has 3 rings (SSSR count). The van der Waals surface area contributed by atoms with E-state index in [-0.39, 0.29) is 17.2 Å². The molecule has 0 radical (unpaired) electrons. The van der Waals surface area contributed by atoms with Crippen LogP contribution in [-0.2, 0) is 0 Å². The summed E-state index contributed by atoms with van der Waals surface area (Å²) in [6.07, 6.45) is 1.40. The van der Waals surface area contributed by atoms with Gasteiger partial charge in [-0.1, -0.05) is 6.07 Å². The Morgan fingerprint density at radius 3 is 2.56 bits per heavy atom. The predicted octanol–water partition coefficient (Wildman–Crippen LogP) is 1.88. The van der Waals surface area contributed by atoms with Crippen LogP contribution < -0.4 is 5.73 Å². The van der Waals surface area contributed by atoms with Crippen molar-refractivity contribution in [2.45, 2.75) is 0 Å². The summed E-state index contributed by atoms with van der Waals surface area (Å²) in [5, 5.41) is 6.75. The summed E-state index contributed by atoms with van der Waals surface area (Å²) in [4.78, 5) is 7.78. The molecule has 0 bridgehead atoms. The minimum atomic E-state index is -0.712. The first kappa shape index (κ1) is 10.6. The van der Waals surface area contributed by atoms with Crippen molar-refractivity contribution >= 4 is 17.0 Å². The molecule has 3 aromatic rings. The van der Waals surface area contributed by atoms with Gasteiger partial charge in [-0.3, -0.25) is 5.10 Å². The number of halogens is 2. The van der Waals surface area contributed by atoms with E-state index in [2.05, 4.69) is 20.2 Å². The molecule has 18 heavy (non-hydrogen) atoms. The van der Waals surface area contributed by atoms with Crippen molar-refractivity contribution in [3.63, 3.8) is 0 Å². The molecule has 2 heterocycles. The number of nitrogens with two attached hydrogens (primary N) is 1. The first-order valence-electron chi connectivity index (χ1n) is 5.08. The molecule has 0 aliphatic heterocycles. The van der Waals surface area contributed by atoms with Gasteiger partial charge in [0.25, 0.3) is 0 Å². The molecule has 0 aliphatic carbocycles. The SMILES string of the molecule is Nc1nc(-c2c(F)cccc2F)c2cn[nH]c2n1. The first-order chi connectivity index (χ1) is 8.66. The third-order valence-corrected chi connectivity index (χ3v) is 2.53. The molecule has 0 saturated heterocycles. The van der Waals surface area contributed by atoms with Crippen molar-refractivity contribution in [1.29, 1.82) is 0 Å². The molecule has 0 spiro atoms. The lowest BCUT2D eigenvalue weighted by Crippen LogP contribution is -2.00. The van der Waals surface area contributed by atoms with Gasteiger partial charge in [-0.15, -0.1) is 0 Å². The summed E-state index contributed by atoms with van der Waals surface area (Å²) in [6, 6.07) is 3.59. The molecule has 90 valence electrons. The lowest BCUT2D eigenvalue weighted by Gasteiger charge is -2.05. The van der Waals surface area contributed by atoms with Crippen LogP contribution in [0.5, 0.6) is 0 Å². The number of nitrogens with one attached hydrogen (secondary N) is 1. The lowest BCUT2D eigenvalue weighted by atomic mass is 10.1. The molecule has 1 aromatic carbocycles. The van der Waals surface area contributed by atoms with Crippen LogP contribution in [0.1, 0.15) is 0 Å². The molecular formula is C11H7F2N5. The summed E-state index contributed by atoms with van der Waals surface area (Å²) in [5.41, 5.74) is 5.69. The number of rotatable bonds is 1. The minimum absolute atomic E-state index is 0.0793. The summed E-state index contributed by atoms with van der Waals surface area (Å²) in [5.74, 6) is -1.50. The number of anilines is 1. The molecule has 2 aromatic heterocycles. The molecule has 0 atom stereocenters. The Kier molecular flexibility index (Phi) is 2.19. The van der Waals surface area contributed by atoms with Gasteiger partial charge in [0.15, 0.2) is 5.65 Å². The molecule has 0 aliphatic rings. The van der Waals surface area contributed by atoms with Gasteiger partial charge < -0.3 is 5.73 Å². The van der Waals surface area contributed by atoms with E-state index in [4.69, 9.17) is 5.73 Å². The van der Waals surface area contributed by atoms with Crippen molar-refractivity contribution < 1.29 is 8.78 Å². The fourth-order valence-corrected chi connectivity index (χ4v) is 1.77. The third kappa shape index (κ3) is 1.48. The number of fused-ring (bicyclic) bond motifs is 1. The van der Waals surface area contributed by atoms with Crippen LogP contribution in [-0.4, -0.2) is 20.2 Å². The Morgan fingerprint density at radius 1 is 1.11 bits per heavy atom. The van der Waals surface area contributed by atoms with Crippen molar-refractivity contribution in [1.82, 2.24) is 20.2 Å². The summed E-state index contributed by atoms with van der Waals surface area (Å²) in [6.45, 7) is 0. The number of H-pyrrole nitrogens is 1. The Morgan fingerprint density at radius 2 is 1.83 bits per heavy atom. The first-order valence-corrected chi connectivity index (χ1v) is 5.08. The van der Waals surface area contributed by atoms with Gasteiger partial charge in [-0.05, 0) is 12.1 Å². The number of aromatic amines is 1. The van der Waals surface area contributed by atoms with E-state index in [9.17, 15) is 8.78 Å². The molecule has 0 fully saturated rings. The zero-order valence-corrected chi connectivity index (χ0v) is 8.98. The van der Waals surface area contributed by atoms with E-state index >= 15 is 0 Å². The van der Waals surface area contributed by atoms with Crippen molar-refractivity contribution in [2.75, 3.05) is 5.73 Å². The summed E-state index contributed by atoms with van der Waals surface area (Å²) < 4.78 is 27.5. The molecule has 0 unspecified atom stereocenters. The van der Waals surface area contributed by atoms with E-state index < -0.39 is 11.6 Å². The highest BCUT2D eigenvalue weighted by Crippen LogP contribution is 2.29. The second kappa shape index (κ2) is 3.73. The molecule has 0 saturated carbocycles. The monoisotopic (exact) mass is 247 g/mol. The van der Waals surface area contributed by atoms with Gasteiger partial charge >= 0.3 is 0 Å². The largest absolute Gasteiger partial charge is 0.368 e. The van der Waals surface area contributed by atoms with Crippen molar-refractivity contribution in [2.24, 2.45) is 0 Å². The second-order valence-corrected chi connectivity index (χ2v) is 3.66. The van der Waals surface area contributed by atoms with E-state index in [1.54, 1.807) is 0 Å². The van der Waals surface area contributed by atoms with Crippen LogP contribution in [0.2, 0.25) is 0 Å². The Hall–Kier alpha value is -2.57. The predicted molar refractivity (Wildman–Crippen MR) is 61.4 cm³/mol. The second-order valence-electron chi connectivity index (χ2n) is 3.66. The topological polar surface area (TPSA) is 80.5 Å². The number of aromatic nitrogens is 4. The normalized spacial score (nSPS) is 11.0. The van der Waals surface area contributed by atoms with E-state index in [0.29, 0.717) is 11.0 Å². The zero-order valence-electron chi connectivity index (χ0n) is 8.98. The Bertz CT molecular complexity index is 717. The highest BCUT2D eigenvalue weighted by Gasteiger charge is 2.17. The zero-order chi connectivity index (χ0) is 12.7. The van der Waals surface area contributed by atoms with Gasteiger partial charge in [-0.2, -0.15) is 10.1 Å². The van der Waals surface area contributed by atoms with Crippen LogP contribution in [0, 0.1) is 11.6 Å². The molecule has 5 nitrogen and oxygen atoms in total. The standard InChI is InChI=1S/C11H7F2N5/c12-6-2-1-3-7(13)8(6)9-5-4-15-18-10(5)17-11(14)16-9/h1-4H,(H3,14,15,16,17,18). The number of hydrogen-bond acceptors (Lipinski definition) is 4. The Labute approximate surface area is 99.7 Å². The molecular weight excluding hydrogens is 240 g/mol. The van der Waals surface area contributed by atoms with Gasteiger partial charge in [0, 0.05) is 0 Å². The van der Waals surface area contributed by atoms with Crippen molar-refractivity contribution in [3.05, 3.63) is 36.0 Å². The number of benzene rings is 1. The van der Waals surface area contributed by atoms with Gasteiger partial charge in [0.2, 0.25) is 5.95 Å². The highest BCUT2D eigenvalue weighted by molar-refractivity contribution is 5.90. The maximum atomic E-state index is 13.7. The summed E-state index contributed by atoms with van der Waals surface area (Å²) in [7, 11) is 0. The maximum Gasteiger partial charge on any atom is 0.222 e. The average molecular weight is 247 g/mol. The van der Waals surface area contributed by atoms with Crippen LogP contribution in [0.3, 0.4) is 0 Å². The fourth-order valence-electron chi connectivity index (χ4n) is 1.77. The number of hydrogen-bond donors (Lipinski definition) is 2. The van der Waals surface area contributed by atoms with Gasteiger partial charge in [0.05, 0.1) is 22.8 Å². The summed E-state index contributed by atoms with van der Waals surface area (Å²) >= 11 is 0.